The van der Waals surface area contributed by atoms with Crippen LogP contribution in [-0.4, -0.2) is 97.0 Å². The molecule has 0 bridgehead atoms. The Morgan fingerprint density at radius 2 is 1.53 bits per heavy atom. The average molecular weight is 416 g/mol. The number of primary amides is 1. The van der Waals surface area contributed by atoms with Crippen molar-refractivity contribution in [3.8, 4) is 0 Å². The molecule has 166 valence electrons. The predicted molar refractivity (Wildman–Crippen MR) is 119 cm³/mol. The summed E-state index contributed by atoms with van der Waals surface area (Å²) < 4.78 is 0. The van der Waals surface area contributed by atoms with Gasteiger partial charge in [0, 0.05) is 45.3 Å². The molecule has 2 aliphatic heterocycles. The van der Waals surface area contributed by atoms with Crippen LogP contribution in [0, 0.1) is 0 Å². The molecule has 1 aromatic carbocycles. The summed E-state index contributed by atoms with van der Waals surface area (Å²) in [5, 5.41) is 0. The molecule has 2 N–H and O–H groups in total. The minimum Gasteiger partial charge on any atom is -0.351 e. The molecule has 1 unspecified atom stereocenters. The average Bonchev–Trinajstić information content (AvgIpc) is 2.77. The van der Waals surface area contributed by atoms with E-state index in [1.165, 1.54) is 5.56 Å². The highest BCUT2D eigenvalue weighted by Gasteiger charge is 2.35. The van der Waals surface area contributed by atoms with Gasteiger partial charge in [0.2, 0.25) is 5.91 Å². The quantitative estimate of drug-likeness (QED) is 0.766. The van der Waals surface area contributed by atoms with Gasteiger partial charge in [-0.3, -0.25) is 9.69 Å². The number of rotatable bonds is 6. The van der Waals surface area contributed by atoms with E-state index in [1.54, 1.807) is 11.9 Å². The molecular formula is C23H37N5O2. The number of amides is 3. The van der Waals surface area contributed by atoms with Gasteiger partial charge in [-0.2, -0.15) is 0 Å². The van der Waals surface area contributed by atoms with Crippen LogP contribution in [0.4, 0.5) is 4.79 Å². The topological polar surface area (TPSA) is 73.1 Å². The summed E-state index contributed by atoms with van der Waals surface area (Å²) in [4.78, 5) is 33.3. The van der Waals surface area contributed by atoms with Crippen molar-refractivity contribution < 1.29 is 9.59 Å². The molecule has 30 heavy (non-hydrogen) atoms. The molecule has 2 saturated heterocycles. The number of benzene rings is 1. The number of likely N-dealkylation sites (tertiary alicyclic amines) is 2. The second-order valence-corrected chi connectivity index (χ2v) is 8.94. The third-order valence-electron chi connectivity index (χ3n) is 6.90. The zero-order valence-corrected chi connectivity index (χ0v) is 18.7. The molecule has 2 fully saturated rings. The van der Waals surface area contributed by atoms with E-state index in [0.717, 1.165) is 45.2 Å². The summed E-state index contributed by atoms with van der Waals surface area (Å²) in [6.07, 6.45) is 4.50. The summed E-state index contributed by atoms with van der Waals surface area (Å²) in [5.74, 6) is 0.224. The van der Waals surface area contributed by atoms with Crippen molar-refractivity contribution in [3.05, 3.63) is 35.9 Å². The fourth-order valence-corrected chi connectivity index (χ4v) is 4.79. The van der Waals surface area contributed by atoms with Gasteiger partial charge in [-0.25, -0.2) is 4.79 Å². The van der Waals surface area contributed by atoms with E-state index in [2.05, 4.69) is 36.0 Å². The van der Waals surface area contributed by atoms with Crippen molar-refractivity contribution >= 4 is 11.9 Å². The van der Waals surface area contributed by atoms with Gasteiger partial charge in [-0.05, 0) is 51.8 Å². The molecule has 1 atom stereocenters. The molecule has 7 nitrogen and oxygen atoms in total. The van der Waals surface area contributed by atoms with Crippen molar-refractivity contribution in [2.24, 2.45) is 5.73 Å². The number of nitrogens with zero attached hydrogens (tertiary/aromatic N) is 4. The van der Waals surface area contributed by atoms with Crippen LogP contribution in [-0.2, 0) is 11.2 Å². The first-order valence-electron chi connectivity index (χ1n) is 11.1. The lowest BCUT2D eigenvalue weighted by atomic mass is 9.96. The smallest absolute Gasteiger partial charge is 0.314 e. The van der Waals surface area contributed by atoms with Gasteiger partial charge in [0.1, 0.15) is 0 Å². The first-order chi connectivity index (χ1) is 14.4. The van der Waals surface area contributed by atoms with Crippen LogP contribution >= 0.6 is 0 Å². The van der Waals surface area contributed by atoms with Crippen molar-refractivity contribution in [2.75, 3.05) is 47.3 Å². The van der Waals surface area contributed by atoms with Crippen LogP contribution in [0.15, 0.2) is 30.3 Å². The molecule has 0 radical (unpaired) electrons. The third kappa shape index (κ3) is 5.52. The molecule has 3 rings (SSSR count). The molecule has 1 aromatic rings. The molecule has 3 amide bonds. The van der Waals surface area contributed by atoms with Gasteiger partial charge in [-0.15, -0.1) is 0 Å². The number of carbonyl (C=O) groups is 2. The molecule has 2 heterocycles. The summed E-state index contributed by atoms with van der Waals surface area (Å²) in [6, 6.07) is 10.5. The predicted octanol–water partition coefficient (Wildman–Crippen LogP) is 1.63. The highest BCUT2D eigenvalue weighted by molar-refractivity contribution is 5.82. The second-order valence-electron chi connectivity index (χ2n) is 8.94. The fraction of sp³-hybridized carbons (Fsp3) is 0.652. The molecule has 0 spiro atoms. The first kappa shape index (κ1) is 22.6. The van der Waals surface area contributed by atoms with Crippen LogP contribution in [0.5, 0.6) is 0 Å². The van der Waals surface area contributed by atoms with Crippen molar-refractivity contribution in [3.63, 3.8) is 0 Å². The summed E-state index contributed by atoms with van der Waals surface area (Å²) in [7, 11) is 6.03. The number of carbonyl (C=O) groups excluding carboxylic acids is 2. The lowest BCUT2D eigenvalue weighted by molar-refractivity contribution is -0.139. The SMILES string of the molecule is CN(C)C1CCN(C(Cc2ccccc2)C(=O)N2CCC(N(C)C(N)=O)CC2)CC1. The van der Waals surface area contributed by atoms with Crippen LogP contribution in [0.2, 0.25) is 0 Å². The van der Waals surface area contributed by atoms with Crippen LogP contribution in [0.1, 0.15) is 31.2 Å². The lowest BCUT2D eigenvalue weighted by Gasteiger charge is -2.42. The van der Waals surface area contributed by atoms with Gasteiger partial charge in [0.15, 0.2) is 0 Å². The molecule has 7 heteroatoms. The Morgan fingerprint density at radius 3 is 2.07 bits per heavy atom. The second kappa shape index (κ2) is 10.3. The van der Waals surface area contributed by atoms with E-state index in [-0.39, 0.29) is 18.0 Å². The maximum atomic E-state index is 13.6. The zero-order valence-electron chi connectivity index (χ0n) is 18.7. The maximum Gasteiger partial charge on any atom is 0.314 e. The van der Waals surface area contributed by atoms with Crippen LogP contribution in [0.3, 0.4) is 0 Å². The Bertz CT molecular complexity index is 695. The third-order valence-corrected chi connectivity index (χ3v) is 6.90. The molecule has 0 aromatic heterocycles. The van der Waals surface area contributed by atoms with Crippen LogP contribution in [0.25, 0.3) is 0 Å². The van der Waals surface area contributed by atoms with Crippen LogP contribution < -0.4 is 5.73 Å². The number of hydrogen-bond acceptors (Lipinski definition) is 4. The number of piperidine rings is 2. The minimum absolute atomic E-state index is 0.120. The normalized spacial score (nSPS) is 20.3. The summed E-state index contributed by atoms with van der Waals surface area (Å²) in [6.45, 7) is 3.26. The summed E-state index contributed by atoms with van der Waals surface area (Å²) in [5.41, 5.74) is 6.62. The van der Waals surface area contributed by atoms with Gasteiger partial charge in [-0.1, -0.05) is 30.3 Å². The van der Waals surface area contributed by atoms with E-state index in [4.69, 9.17) is 5.73 Å². The largest absolute Gasteiger partial charge is 0.351 e. The maximum absolute atomic E-state index is 13.6. The molecule has 0 aliphatic carbocycles. The molecular weight excluding hydrogens is 378 g/mol. The molecule has 2 aliphatic rings. The fourth-order valence-electron chi connectivity index (χ4n) is 4.79. The zero-order chi connectivity index (χ0) is 21.7. The highest BCUT2D eigenvalue weighted by Crippen LogP contribution is 2.22. The van der Waals surface area contributed by atoms with E-state index in [0.29, 0.717) is 19.1 Å². The number of hydrogen-bond donors (Lipinski definition) is 1. The Kier molecular flexibility index (Phi) is 7.72. The minimum atomic E-state index is -0.398. The Hall–Kier alpha value is -2.12. The van der Waals surface area contributed by atoms with Gasteiger partial charge in [0.05, 0.1) is 6.04 Å². The molecule has 0 saturated carbocycles. The van der Waals surface area contributed by atoms with Gasteiger partial charge >= 0.3 is 6.03 Å². The van der Waals surface area contributed by atoms with E-state index >= 15 is 0 Å². The van der Waals surface area contributed by atoms with Crippen molar-refractivity contribution in [1.29, 1.82) is 0 Å². The highest BCUT2D eigenvalue weighted by atomic mass is 16.2. The van der Waals surface area contributed by atoms with E-state index < -0.39 is 6.03 Å². The number of urea groups is 1. The van der Waals surface area contributed by atoms with Crippen molar-refractivity contribution in [1.82, 2.24) is 19.6 Å². The first-order valence-corrected chi connectivity index (χ1v) is 11.1. The standard InChI is InChI=1S/C23H37N5O2/c1-25(2)19-9-13-27(14-10-19)21(17-18-7-5-4-6-8-18)22(29)28-15-11-20(12-16-28)26(3)23(24)30/h4-8,19-21H,9-17H2,1-3H3,(H2,24,30). The van der Waals surface area contributed by atoms with Crippen molar-refractivity contribution in [2.45, 2.75) is 50.2 Å². The summed E-state index contributed by atoms with van der Waals surface area (Å²) >= 11 is 0. The lowest BCUT2D eigenvalue weighted by Crippen LogP contribution is -2.56. The Morgan fingerprint density at radius 1 is 0.967 bits per heavy atom. The Labute approximate surface area is 180 Å². The van der Waals surface area contributed by atoms with Gasteiger partial charge < -0.3 is 20.4 Å². The van der Waals surface area contributed by atoms with E-state index in [9.17, 15) is 9.59 Å². The van der Waals surface area contributed by atoms with Gasteiger partial charge in [0.25, 0.3) is 0 Å². The van der Waals surface area contributed by atoms with E-state index in [1.807, 2.05) is 23.1 Å². The number of nitrogens with two attached hydrogens (primary N) is 1. The monoisotopic (exact) mass is 415 g/mol. The Balaban J connectivity index is 1.67.